The second kappa shape index (κ2) is 5.27. The van der Waals surface area contributed by atoms with Crippen molar-refractivity contribution in [2.45, 2.75) is 51.0 Å². The highest BCUT2D eigenvalue weighted by Gasteiger charge is 2.40. The van der Waals surface area contributed by atoms with Crippen LogP contribution in [-0.2, 0) is 4.74 Å². The van der Waals surface area contributed by atoms with Crippen molar-refractivity contribution in [3.8, 4) is 0 Å². The molecular weight excluding hydrogens is 210 g/mol. The molecule has 2 nitrogen and oxygen atoms in total. The summed E-state index contributed by atoms with van der Waals surface area (Å²) in [5.74, 6) is 4.08. The highest BCUT2D eigenvalue weighted by molar-refractivity contribution is 4.92. The Bertz CT molecular complexity index is 249. The van der Waals surface area contributed by atoms with Crippen LogP contribution in [0.3, 0.4) is 0 Å². The van der Waals surface area contributed by atoms with Crippen LogP contribution in [0.15, 0.2) is 0 Å². The lowest BCUT2D eigenvalue weighted by Gasteiger charge is -2.34. The molecular formula is C15H27NO. The second-order valence-electron chi connectivity index (χ2n) is 6.52. The summed E-state index contributed by atoms with van der Waals surface area (Å²) in [6.07, 6.45) is 10.1. The van der Waals surface area contributed by atoms with Gasteiger partial charge in [0.2, 0.25) is 0 Å². The van der Waals surface area contributed by atoms with Gasteiger partial charge in [0.1, 0.15) is 0 Å². The molecule has 17 heavy (non-hydrogen) atoms. The maximum atomic E-state index is 5.49. The van der Waals surface area contributed by atoms with Gasteiger partial charge in [0.15, 0.2) is 0 Å². The minimum Gasteiger partial charge on any atom is -0.381 e. The third-order valence-electron chi connectivity index (χ3n) is 5.65. The van der Waals surface area contributed by atoms with Gasteiger partial charge in [0.25, 0.3) is 0 Å². The molecule has 4 unspecified atom stereocenters. The Hall–Kier alpha value is -0.0800. The first kappa shape index (κ1) is 12.0. The standard InChI is InChI=1S/C15H27NO/c1-16-15(12-4-6-17-7-5-12)10-14-9-11-2-3-13(14)8-11/h11-16H,2-10H2,1H3. The van der Waals surface area contributed by atoms with E-state index in [1.807, 2.05) is 0 Å². The smallest absolute Gasteiger partial charge is 0.0469 e. The molecule has 2 saturated carbocycles. The molecule has 0 aromatic heterocycles. The van der Waals surface area contributed by atoms with Crippen molar-refractivity contribution < 1.29 is 4.74 Å². The summed E-state index contributed by atoms with van der Waals surface area (Å²) in [5.41, 5.74) is 0. The van der Waals surface area contributed by atoms with E-state index in [0.29, 0.717) is 0 Å². The maximum Gasteiger partial charge on any atom is 0.0469 e. The Kier molecular flexibility index (Phi) is 3.72. The molecule has 1 heterocycles. The van der Waals surface area contributed by atoms with E-state index in [1.54, 1.807) is 6.42 Å². The van der Waals surface area contributed by atoms with Crippen LogP contribution >= 0.6 is 0 Å². The van der Waals surface area contributed by atoms with Crippen molar-refractivity contribution >= 4 is 0 Å². The van der Waals surface area contributed by atoms with Gasteiger partial charge in [-0.25, -0.2) is 0 Å². The van der Waals surface area contributed by atoms with Gasteiger partial charge in [0.05, 0.1) is 0 Å². The van der Waals surface area contributed by atoms with E-state index in [2.05, 4.69) is 12.4 Å². The summed E-state index contributed by atoms with van der Waals surface area (Å²) >= 11 is 0. The van der Waals surface area contributed by atoms with Crippen LogP contribution in [0, 0.1) is 23.7 Å². The molecule has 0 radical (unpaired) electrons. The van der Waals surface area contributed by atoms with Gasteiger partial charge in [-0.1, -0.05) is 6.42 Å². The predicted octanol–water partition coefficient (Wildman–Crippen LogP) is 2.83. The Balaban J connectivity index is 1.54. The van der Waals surface area contributed by atoms with Crippen LogP contribution in [0.5, 0.6) is 0 Å². The SMILES string of the molecule is CNC(CC1CC2CCC1C2)C1CCOCC1. The zero-order valence-corrected chi connectivity index (χ0v) is 11.2. The molecule has 0 aromatic carbocycles. The quantitative estimate of drug-likeness (QED) is 0.812. The van der Waals surface area contributed by atoms with Crippen LogP contribution in [0.1, 0.15) is 44.9 Å². The fraction of sp³-hybridized carbons (Fsp3) is 1.00. The number of hydrogen-bond donors (Lipinski definition) is 1. The van der Waals surface area contributed by atoms with Crippen molar-refractivity contribution in [1.82, 2.24) is 5.32 Å². The Morgan fingerprint density at radius 2 is 1.94 bits per heavy atom. The highest BCUT2D eigenvalue weighted by Crippen LogP contribution is 2.50. The van der Waals surface area contributed by atoms with Gasteiger partial charge in [-0.05, 0) is 69.2 Å². The lowest BCUT2D eigenvalue weighted by molar-refractivity contribution is 0.0496. The lowest BCUT2D eigenvalue weighted by atomic mass is 9.79. The van der Waals surface area contributed by atoms with Crippen LogP contribution in [-0.4, -0.2) is 26.3 Å². The van der Waals surface area contributed by atoms with E-state index in [0.717, 1.165) is 42.9 Å². The molecule has 98 valence electrons. The minimum atomic E-state index is 0.753. The molecule has 2 aliphatic carbocycles. The van der Waals surface area contributed by atoms with Gasteiger partial charge < -0.3 is 10.1 Å². The maximum absolute atomic E-state index is 5.49. The van der Waals surface area contributed by atoms with Crippen LogP contribution in [0.4, 0.5) is 0 Å². The molecule has 3 fully saturated rings. The average Bonchev–Trinajstić information content (AvgIpc) is 2.99. The first-order chi connectivity index (χ1) is 8.36. The number of ether oxygens (including phenoxy) is 1. The number of nitrogens with one attached hydrogen (secondary N) is 1. The summed E-state index contributed by atoms with van der Waals surface area (Å²) in [6.45, 7) is 1.97. The van der Waals surface area contributed by atoms with Gasteiger partial charge in [-0.3, -0.25) is 0 Å². The van der Waals surface area contributed by atoms with E-state index in [1.165, 1.54) is 38.5 Å². The lowest BCUT2D eigenvalue weighted by Crippen LogP contribution is -2.39. The van der Waals surface area contributed by atoms with Crippen LogP contribution in [0.2, 0.25) is 0 Å². The zero-order valence-electron chi connectivity index (χ0n) is 11.2. The van der Waals surface area contributed by atoms with E-state index < -0.39 is 0 Å². The molecule has 4 atom stereocenters. The molecule has 3 aliphatic rings. The van der Waals surface area contributed by atoms with E-state index >= 15 is 0 Å². The molecule has 1 saturated heterocycles. The van der Waals surface area contributed by atoms with Gasteiger partial charge in [0, 0.05) is 19.3 Å². The summed E-state index contributed by atoms with van der Waals surface area (Å²) in [7, 11) is 2.16. The van der Waals surface area contributed by atoms with Crippen molar-refractivity contribution in [1.29, 1.82) is 0 Å². The first-order valence-corrected chi connectivity index (χ1v) is 7.62. The number of hydrogen-bond acceptors (Lipinski definition) is 2. The van der Waals surface area contributed by atoms with Crippen LogP contribution < -0.4 is 5.32 Å². The molecule has 0 spiro atoms. The van der Waals surface area contributed by atoms with Crippen molar-refractivity contribution in [3.63, 3.8) is 0 Å². The van der Waals surface area contributed by atoms with Gasteiger partial charge in [-0.15, -0.1) is 0 Å². The van der Waals surface area contributed by atoms with Crippen molar-refractivity contribution in [2.24, 2.45) is 23.7 Å². The van der Waals surface area contributed by atoms with Crippen molar-refractivity contribution in [3.05, 3.63) is 0 Å². The molecule has 2 heteroatoms. The summed E-state index contributed by atoms with van der Waals surface area (Å²) in [5, 5.41) is 3.60. The third-order valence-corrected chi connectivity index (χ3v) is 5.65. The van der Waals surface area contributed by atoms with Crippen LogP contribution in [0.25, 0.3) is 0 Å². The van der Waals surface area contributed by atoms with Gasteiger partial charge in [-0.2, -0.15) is 0 Å². The monoisotopic (exact) mass is 237 g/mol. The summed E-state index contributed by atoms with van der Waals surface area (Å²) < 4.78 is 5.49. The Morgan fingerprint density at radius 3 is 2.53 bits per heavy atom. The topological polar surface area (TPSA) is 21.3 Å². The predicted molar refractivity (Wildman–Crippen MR) is 69.9 cm³/mol. The fourth-order valence-corrected chi connectivity index (χ4v) is 4.66. The van der Waals surface area contributed by atoms with E-state index in [9.17, 15) is 0 Å². The Labute approximate surface area is 105 Å². The molecule has 3 rings (SSSR count). The number of fused-ring (bicyclic) bond motifs is 2. The molecule has 1 aliphatic heterocycles. The molecule has 2 bridgehead atoms. The largest absolute Gasteiger partial charge is 0.381 e. The van der Waals surface area contributed by atoms with E-state index in [-0.39, 0.29) is 0 Å². The van der Waals surface area contributed by atoms with E-state index in [4.69, 9.17) is 4.74 Å². The first-order valence-electron chi connectivity index (χ1n) is 7.62. The zero-order chi connectivity index (χ0) is 11.7. The highest BCUT2D eigenvalue weighted by atomic mass is 16.5. The Morgan fingerprint density at radius 1 is 1.12 bits per heavy atom. The molecule has 1 N–H and O–H groups in total. The van der Waals surface area contributed by atoms with Crippen molar-refractivity contribution in [2.75, 3.05) is 20.3 Å². The minimum absolute atomic E-state index is 0.753. The van der Waals surface area contributed by atoms with Gasteiger partial charge >= 0.3 is 0 Å². The summed E-state index contributed by atoms with van der Waals surface area (Å²) in [6, 6.07) is 0.753. The fourth-order valence-electron chi connectivity index (χ4n) is 4.66. The molecule has 0 aromatic rings. The number of rotatable bonds is 4. The summed E-state index contributed by atoms with van der Waals surface area (Å²) in [4.78, 5) is 0. The molecule has 0 amide bonds. The second-order valence-corrected chi connectivity index (χ2v) is 6.52. The average molecular weight is 237 g/mol. The normalized spacial score (nSPS) is 39.7. The third kappa shape index (κ3) is 2.53.